The Kier molecular flexibility index (Phi) is 44.7. The van der Waals surface area contributed by atoms with E-state index in [4.69, 9.17) is 4.74 Å². The minimum absolute atomic E-state index is 0.0557. The second-order valence-electron chi connectivity index (χ2n) is 16.9. The Bertz CT molecular complexity index is 1060. The molecule has 0 bridgehead atoms. The lowest BCUT2D eigenvalue weighted by molar-refractivity contribution is -0.151. The van der Waals surface area contributed by atoms with Gasteiger partial charge in [-0.25, -0.2) is 0 Å². The second-order valence-corrected chi connectivity index (χ2v) is 16.9. The van der Waals surface area contributed by atoms with E-state index < -0.39 is 18.2 Å². The summed E-state index contributed by atoms with van der Waals surface area (Å²) >= 11 is 0. The van der Waals surface area contributed by atoms with Crippen LogP contribution in [0.1, 0.15) is 239 Å². The van der Waals surface area contributed by atoms with Crippen molar-refractivity contribution in [2.24, 2.45) is 0 Å². The predicted molar refractivity (Wildman–Crippen MR) is 255 cm³/mol. The first kappa shape index (κ1) is 56.6. The number of carbonyl (C=O) groups excluding carboxylic acids is 2. The van der Waals surface area contributed by atoms with Crippen molar-refractivity contribution < 1.29 is 24.5 Å². The van der Waals surface area contributed by atoms with Crippen LogP contribution in [0.2, 0.25) is 0 Å². The molecule has 0 radical (unpaired) electrons. The minimum atomic E-state index is -0.796. The molecule has 0 aromatic carbocycles. The number of amides is 1. The molecule has 0 aromatic heterocycles. The zero-order valence-electron chi connectivity index (χ0n) is 38.9. The first-order valence-electron chi connectivity index (χ1n) is 25.1. The fourth-order valence-corrected chi connectivity index (χ4v) is 7.38. The van der Waals surface area contributed by atoms with Crippen molar-refractivity contribution in [2.45, 2.75) is 257 Å². The lowest BCUT2D eigenvalue weighted by Crippen LogP contribution is -2.46. The van der Waals surface area contributed by atoms with Crippen LogP contribution in [0.4, 0.5) is 0 Å². The first-order chi connectivity index (χ1) is 29.0. The molecule has 0 heterocycles. The van der Waals surface area contributed by atoms with Crippen molar-refractivity contribution >= 4 is 11.9 Å². The molecule has 3 N–H and O–H groups in total. The predicted octanol–water partition coefficient (Wildman–Crippen LogP) is 14.8. The fraction of sp³-hybridized carbons (Fsp3) is 0.774. The third-order valence-electron chi connectivity index (χ3n) is 11.2. The molecule has 0 aromatic rings. The number of aliphatic hydroxyl groups excluding tert-OH is 2. The monoisotopic (exact) mass is 826 g/mol. The molecule has 0 aliphatic carbocycles. The van der Waals surface area contributed by atoms with Crippen molar-refractivity contribution in [3.05, 3.63) is 60.8 Å². The van der Waals surface area contributed by atoms with Crippen molar-refractivity contribution in [2.75, 3.05) is 6.61 Å². The summed E-state index contributed by atoms with van der Waals surface area (Å²) in [5.74, 6) is -0.517. The third-order valence-corrected chi connectivity index (χ3v) is 11.2. The van der Waals surface area contributed by atoms with Crippen LogP contribution in [0.5, 0.6) is 0 Å². The number of rotatable bonds is 44. The number of ether oxygens (including phenoxy) is 1. The molecular formula is C53H95NO5. The van der Waals surface area contributed by atoms with E-state index in [2.05, 4.69) is 68.6 Å². The number of hydrogen-bond donors (Lipinski definition) is 3. The minimum Gasteiger partial charge on any atom is -0.462 e. The molecule has 0 saturated carbocycles. The van der Waals surface area contributed by atoms with Crippen LogP contribution in [0, 0.1) is 0 Å². The summed E-state index contributed by atoms with van der Waals surface area (Å²) in [4.78, 5) is 26.1. The SMILES string of the molecule is CC/C=C/C=C/C=C/C=C\CCCCCCCC(=O)OC(CCCCC/C=C\CCCCC)CC(=O)NC(CO)C(O)CCCCCCCCCCCCCCCCC. The van der Waals surface area contributed by atoms with Gasteiger partial charge in [-0.15, -0.1) is 0 Å². The Morgan fingerprint density at radius 1 is 0.508 bits per heavy atom. The van der Waals surface area contributed by atoms with Crippen molar-refractivity contribution in [1.82, 2.24) is 5.32 Å². The molecule has 0 aliphatic rings. The number of nitrogens with one attached hydrogen (secondary N) is 1. The van der Waals surface area contributed by atoms with Crippen molar-refractivity contribution in [3.63, 3.8) is 0 Å². The first-order valence-corrected chi connectivity index (χ1v) is 25.1. The summed E-state index contributed by atoms with van der Waals surface area (Å²) in [6, 6.07) is -0.711. The Hall–Kier alpha value is -2.44. The van der Waals surface area contributed by atoms with Crippen LogP contribution < -0.4 is 5.32 Å². The highest BCUT2D eigenvalue weighted by molar-refractivity contribution is 5.77. The molecule has 0 spiro atoms. The normalized spacial score (nSPS) is 13.8. The summed E-state index contributed by atoms with van der Waals surface area (Å²) in [5.41, 5.74) is 0. The van der Waals surface area contributed by atoms with Gasteiger partial charge in [0.1, 0.15) is 6.10 Å². The molecule has 1 amide bonds. The van der Waals surface area contributed by atoms with Gasteiger partial charge in [-0.2, -0.15) is 0 Å². The van der Waals surface area contributed by atoms with Crippen molar-refractivity contribution in [3.8, 4) is 0 Å². The summed E-state index contributed by atoms with van der Waals surface area (Å²) in [6.45, 7) is 6.31. The van der Waals surface area contributed by atoms with E-state index in [0.29, 0.717) is 19.3 Å². The molecule has 0 rings (SSSR count). The van der Waals surface area contributed by atoms with E-state index >= 15 is 0 Å². The van der Waals surface area contributed by atoms with Gasteiger partial charge in [0, 0.05) is 6.42 Å². The molecular weight excluding hydrogens is 731 g/mol. The van der Waals surface area contributed by atoms with E-state index in [1.165, 1.54) is 96.3 Å². The highest BCUT2D eigenvalue weighted by Crippen LogP contribution is 2.17. The summed E-state index contributed by atoms with van der Waals surface area (Å²) in [7, 11) is 0. The molecule has 342 valence electrons. The van der Waals surface area contributed by atoms with Gasteiger partial charge in [-0.1, -0.05) is 216 Å². The zero-order chi connectivity index (χ0) is 43.1. The van der Waals surface area contributed by atoms with Crippen molar-refractivity contribution in [1.29, 1.82) is 0 Å². The van der Waals surface area contributed by atoms with Gasteiger partial charge in [0.15, 0.2) is 0 Å². The maximum Gasteiger partial charge on any atom is 0.306 e. The fourth-order valence-electron chi connectivity index (χ4n) is 7.38. The van der Waals surface area contributed by atoms with E-state index in [9.17, 15) is 19.8 Å². The van der Waals surface area contributed by atoms with E-state index in [-0.39, 0.29) is 24.9 Å². The second kappa shape index (κ2) is 46.6. The number of aliphatic hydroxyl groups is 2. The Morgan fingerprint density at radius 3 is 1.49 bits per heavy atom. The van der Waals surface area contributed by atoms with Gasteiger partial charge >= 0.3 is 5.97 Å². The number of unbranched alkanes of at least 4 members (excludes halogenated alkanes) is 25. The zero-order valence-corrected chi connectivity index (χ0v) is 38.9. The quantitative estimate of drug-likeness (QED) is 0.0246. The summed E-state index contributed by atoms with van der Waals surface area (Å²) in [6.07, 6.45) is 57.1. The van der Waals surface area contributed by atoms with Crippen LogP contribution in [0.3, 0.4) is 0 Å². The standard InChI is InChI=1S/C53H95NO5/c1-4-7-10-13-16-19-22-24-26-28-30-33-36-39-42-45-51(56)50(48-55)54-52(57)47-49(44-41-38-35-32-21-18-15-12-9-6-3)59-53(58)46-43-40-37-34-31-29-27-25-23-20-17-14-11-8-5-2/h8,11,14,17-18,20-21,23,25,27,49-51,55-56H,4-7,9-10,12-13,15-16,19,22,24,26,28-48H2,1-3H3,(H,54,57)/b11-8+,17-14+,21-18-,23-20+,27-25-. The summed E-state index contributed by atoms with van der Waals surface area (Å²) < 4.78 is 5.90. The molecule has 0 saturated heterocycles. The number of allylic oxidation sites excluding steroid dienone is 10. The van der Waals surface area contributed by atoms with E-state index in [1.807, 2.05) is 18.2 Å². The van der Waals surface area contributed by atoms with Gasteiger partial charge in [0.2, 0.25) is 5.91 Å². The lowest BCUT2D eigenvalue weighted by atomic mass is 10.0. The van der Waals surface area contributed by atoms with Gasteiger partial charge in [0.25, 0.3) is 0 Å². The van der Waals surface area contributed by atoms with Crippen LogP contribution in [0.15, 0.2) is 60.8 Å². The Morgan fingerprint density at radius 2 is 0.932 bits per heavy atom. The van der Waals surface area contributed by atoms with Gasteiger partial charge in [0.05, 0.1) is 25.2 Å². The molecule has 0 fully saturated rings. The molecule has 3 atom stereocenters. The molecule has 0 aliphatic heterocycles. The van der Waals surface area contributed by atoms with Gasteiger partial charge in [-0.05, 0) is 70.6 Å². The molecule has 6 nitrogen and oxygen atoms in total. The number of hydrogen-bond acceptors (Lipinski definition) is 5. The maximum atomic E-state index is 13.2. The number of carbonyl (C=O) groups is 2. The molecule has 59 heavy (non-hydrogen) atoms. The summed E-state index contributed by atoms with van der Waals surface area (Å²) in [5, 5.41) is 23.7. The number of esters is 1. The van der Waals surface area contributed by atoms with Crippen LogP contribution in [-0.2, 0) is 14.3 Å². The highest BCUT2D eigenvalue weighted by atomic mass is 16.5. The average Bonchev–Trinajstić information content (AvgIpc) is 3.23. The molecule has 3 unspecified atom stereocenters. The lowest BCUT2D eigenvalue weighted by Gasteiger charge is -2.24. The largest absolute Gasteiger partial charge is 0.462 e. The van der Waals surface area contributed by atoms with Crippen LogP contribution in [-0.4, -0.2) is 46.9 Å². The smallest absolute Gasteiger partial charge is 0.306 e. The molecule has 6 heteroatoms. The van der Waals surface area contributed by atoms with Gasteiger partial charge < -0.3 is 20.3 Å². The highest BCUT2D eigenvalue weighted by Gasteiger charge is 2.24. The van der Waals surface area contributed by atoms with Crippen LogP contribution in [0.25, 0.3) is 0 Å². The Labute approximate surface area is 365 Å². The van der Waals surface area contributed by atoms with E-state index in [0.717, 1.165) is 96.3 Å². The van der Waals surface area contributed by atoms with Gasteiger partial charge in [-0.3, -0.25) is 9.59 Å². The van der Waals surface area contributed by atoms with E-state index in [1.54, 1.807) is 0 Å². The third kappa shape index (κ3) is 42.1. The van der Waals surface area contributed by atoms with Crippen LogP contribution >= 0.6 is 0 Å². The maximum absolute atomic E-state index is 13.2. The Balaban J connectivity index is 4.55. The topological polar surface area (TPSA) is 95.9 Å². The average molecular weight is 826 g/mol.